The minimum atomic E-state index is -0.751. The SMILES string of the molecule is CN(C)c1cccc(C(=O)N2CCC(CC(=O)O)CC2)c1. The Morgan fingerprint density at radius 1 is 1.29 bits per heavy atom. The zero-order valence-electron chi connectivity index (χ0n) is 12.6. The van der Waals surface area contributed by atoms with Crippen LogP contribution in [0.5, 0.6) is 0 Å². The van der Waals surface area contributed by atoms with Gasteiger partial charge in [-0.1, -0.05) is 6.07 Å². The van der Waals surface area contributed by atoms with Crippen LogP contribution in [0.3, 0.4) is 0 Å². The van der Waals surface area contributed by atoms with Gasteiger partial charge in [-0.15, -0.1) is 0 Å². The van der Waals surface area contributed by atoms with Crippen LogP contribution in [-0.4, -0.2) is 49.1 Å². The number of carboxylic acid groups (broad SMARTS) is 1. The van der Waals surface area contributed by atoms with E-state index in [1.54, 1.807) is 0 Å². The summed E-state index contributed by atoms with van der Waals surface area (Å²) in [6.07, 6.45) is 1.75. The van der Waals surface area contributed by atoms with E-state index < -0.39 is 5.97 Å². The topological polar surface area (TPSA) is 60.9 Å². The first-order valence-electron chi connectivity index (χ1n) is 7.26. The average molecular weight is 290 g/mol. The van der Waals surface area contributed by atoms with Gasteiger partial charge in [-0.3, -0.25) is 9.59 Å². The van der Waals surface area contributed by atoms with Crippen molar-refractivity contribution in [3.05, 3.63) is 29.8 Å². The Labute approximate surface area is 125 Å². The Balaban J connectivity index is 1.98. The van der Waals surface area contributed by atoms with Crippen LogP contribution in [0, 0.1) is 5.92 Å². The second-order valence-corrected chi connectivity index (χ2v) is 5.78. The van der Waals surface area contributed by atoms with Gasteiger partial charge >= 0.3 is 5.97 Å². The highest BCUT2D eigenvalue weighted by Gasteiger charge is 2.25. The number of carboxylic acids is 1. The standard InChI is InChI=1S/C16H22N2O3/c1-17(2)14-5-3-4-13(11-14)16(21)18-8-6-12(7-9-18)10-15(19)20/h3-5,11-12H,6-10H2,1-2H3,(H,19,20). The first-order chi connectivity index (χ1) is 9.97. The number of hydrogen-bond donors (Lipinski definition) is 1. The first kappa shape index (κ1) is 15.4. The summed E-state index contributed by atoms with van der Waals surface area (Å²) in [5.74, 6) is -0.523. The van der Waals surface area contributed by atoms with Gasteiger partial charge < -0.3 is 14.9 Å². The quantitative estimate of drug-likeness (QED) is 0.922. The van der Waals surface area contributed by atoms with Crippen LogP contribution in [0.15, 0.2) is 24.3 Å². The van der Waals surface area contributed by atoms with E-state index in [0.717, 1.165) is 18.5 Å². The zero-order valence-corrected chi connectivity index (χ0v) is 12.6. The van der Waals surface area contributed by atoms with Crippen molar-refractivity contribution in [1.82, 2.24) is 4.90 Å². The number of carbonyl (C=O) groups excluding carboxylic acids is 1. The number of anilines is 1. The molecule has 0 aromatic heterocycles. The zero-order chi connectivity index (χ0) is 15.4. The summed E-state index contributed by atoms with van der Waals surface area (Å²) >= 11 is 0. The van der Waals surface area contributed by atoms with Gasteiger partial charge in [0.2, 0.25) is 0 Å². The van der Waals surface area contributed by atoms with E-state index in [2.05, 4.69) is 0 Å². The molecule has 0 radical (unpaired) electrons. The number of benzene rings is 1. The van der Waals surface area contributed by atoms with Crippen molar-refractivity contribution < 1.29 is 14.7 Å². The van der Waals surface area contributed by atoms with Crippen molar-refractivity contribution in [3.8, 4) is 0 Å². The number of amides is 1. The maximum atomic E-state index is 12.5. The molecule has 21 heavy (non-hydrogen) atoms. The third-order valence-electron chi connectivity index (χ3n) is 3.97. The third kappa shape index (κ3) is 3.97. The smallest absolute Gasteiger partial charge is 0.303 e. The molecule has 1 aliphatic heterocycles. The molecule has 0 spiro atoms. The first-order valence-corrected chi connectivity index (χ1v) is 7.26. The van der Waals surface area contributed by atoms with Crippen LogP contribution >= 0.6 is 0 Å². The molecule has 5 nitrogen and oxygen atoms in total. The van der Waals surface area contributed by atoms with Gasteiger partial charge in [0.05, 0.1) is 0 Å². The lowest BCUT2D eigenvalue weighted by atomic mass is 9.93. The molecule has 1 aromatic rings. The van der Waals surface area contributed by atoms with E-state index >= 15 is 0 Å². The fourth-order valence-corrected chi connectivity index (χ4v) is 2.69. The molecule has 0 saturated carbocycles. The van der Waals surface area contributed by atoms with Crippen molar-refractivity contribution in [3.63, 3.8) is 0 Å². The Bertz CT molecular complexity index is 520. The molecular weight excluding hydrogens is 268 g/mol. The predicted octanol–water partition coefficient (Wildman–Crippen LogP) is 2.08. The molecule has 0 bridgehead atoms. The van der Waals surface area contributed by atoms with Crippen molar-refractivity contribution in [2.24, 2.45) is 5.92 Å². The second kappa shape index (κ2) is 6.61. The molecule has 0 atom stereocenters. The van der Waals surface area contributed by atoms with Crippen LogP contribution in [0.4, 0.5) is 5.69 Å². The van der Waals surface area contributed by atoms with Crippen molar-refractivity contribution in [2.45, 2.75) is 19.3 Å². The normalized spacial score (nSPS) is 15.8. The molecule has 114 valence electrons. The summed E-state index contributed by atoms with van der Waals surface area (Å²) in [6.45, 7) is 1.28. The van der Waals surface area contributed by atoms with Gasteiger partial charge in [-0.05, 0) is 37.0 Å². The van der Waals surface area contributed by atoms with Crippen molar-refractivity contribution >= 4 is 17.6 Å². The third-order valence-corrected chi connectivity index (χ3v) is 3.97. The molecule has 1 saturated heterocycles. The number of rotatable bonds is 4. The van der Waals surface area contributed by atoms with Gasteiger partial charge in [0.25, 0.3) is 5.91 Å². The monoisotopic (exact) mass is 290 g/mol. The fourth-order valence-electron chi connectivity index (χ4n) is 2.69. The van der Waals surface area contributed by atoms with E-state index in [0.29, 0.717) is 18.7 Å². The number of aliphatic carboxylic acids is 1. The van der Waals surface area contributed by atoms with Gasteiger partial charge in [-0.25, -0.2) is 0 Å². The van der Waals surface area contributed by atoms with E-state index in [1.807, 2.05) is 48.2 Å². The molecule has 1 aliphatic rings. The average Bonchev–Trinajstić information content (AvgIpc) is 2.47. The van der Waals surface area contributed by atoms with E-state index in [4.69, 9.17) is 5.11 Å². The number of nitrogens with zero attached hydrogens (tertiary/aromatic N) is 2. The molecule has 5 heteroatoms. The van der Waals surface area contributed by atoms with Crippen LogP contribution < -0.4 is 4.90 Å². The summed E-state index contributed by atoms with van der Waals surface area (Å²) in [5.41, 5.74) is 1.69. The Morgan fingerprint density at radius 2 is 1.95 bits per heavy atom. The molecule has 1 N–H and O–H groups in total. The molecular formula is C16H22N2O3. The Kier molecular flexibility index (Phi) is 4.83. The summed E-state index contributed by atoms with van der Waals surface area (Å²) in [6, 6.07) is 7.58. The number of hydrogen-bond acceptors (Lipinski definition) is 3. The van der Waals surface area contributed by atoms with Gasteiger partial charge in [0.15, 0.2) is 0 Å². The van der Waals surface area contributed by atoms with Crippen LogP contribution in [0.2, 0.25) is 0 Å². The Hall–Kier alpha value is -2.04. The minimum absolute atomic E-state index is 0.0347. The minimum Gasteiger partial charge on any atom is -0.481 e. The Morgan fingerprint density at radius 3 is 2.52 bits per heavy atom. The van der Waals surface area contributed by atoms with E-state index in [1.165, 1.54) is 0 Å². The maximum Gasteiger partial charge on any atom is 0.303 e. The van der Waals surface area contributed by atoms with Crippen molar-refractivity contribution in [2.75, 3.05) is 32.1 Å². The van der Waals surface area contributed by atoms with Crippen LogP contribution in [0.1, 0.15) is 29.6 Å². The molecule has 1 fully saturated rings. The summed E-state index contributed by atoms with van der Waals surface area (Å²) in [4.78, 5) is 27.0. The maximum absolute atomic E-state index is 12.5. The van der Waals surface area contributed by atoms with E-state index in [9.17, 15) is 9.59 Å². The predicted molar refractivity (Wildman–Crippen MR) is 81.6 cm³/mol. The van der Waals surface area contributed by atoms with Gasteiger partial charge in [0, 0.05) is 44.9 Å². The lowest BCUT2D eigenvalue weighted by Gasteiger charge is -2.31. The summed E-state index contributed by atoms with van der Waals surface area (Å²) in [7, 11) is 3.89. The molecule has 2 rings (SSSR count). The largest absolute Gasteiger partial charge is 0.481 e. The van der Waals surface area contributed by atoms with Crippen LogP contribution in [-0.2, 0) is 4.79 Å². The highest BCUT2D eigenvalue weighted by atomic mass is 16.4. The molecule has 0 aliphatic carbocycles. The number of likely N-dealkylation sites (tertiary alicyclic amines) is 1. The summed E-state index contributed by atoms with van der Waals surface area (Å²) < 4.78 is 0. The highest BCUT2D eigenvalue weighted by molar-refractivity contribution is 5.95. The lowest BCUT2D eigenvalue weighted by Crippen LogP contribution is -2.38. The van der Waals surface area contributed by atoms with Crippen molar-refractivity contribution in [1.29, 1.82) is 0 Å². The molecule has 1 aromatic carbocycles. The highest BCUT2D eigenvalue weighted by Crippen LogP contribution is 2.22. The van der Waals surface area contributed by atoms with Gasteiger partial charge in [0.1, 0.15) is 0 Å². The van der Waals surface area contributed by atoms with E-state index in [-0.39, 0.29) is 18.2 Å². The van der Waals surface area contributed by atoms with Crippen LogP contribution in [0.25, 0.3) is 0 Å². The molecule has 1 amide bonds. The number of carbonyl (C=O) groups is 2. The lowest BCUT2D eigenvalue weighted by molar-refractivity contribution is -0.138. The summed E-state index contributed by atoms with van der Waals surface area (Å²) in [5, 5.41) is 8.82. The molecule has 1 heterocycles. The fraction of sp³-hybridized carbons (Fsp3) is 0.500. The second-order valence-electron chi connectivity index (χ2n) is 5.78. The molecule has 0 unspecified atom stereocenters. The van der Waals surface area contributed by atoms with Gasteiger partial charge in [-0.2, -0.15) is 0 Å². The number of piperidine rings is 1.